The van der Waals surface area contributed by atoms with Crippen molar-refractivity contribution in [2.45, 2.75) is 13.8 Å². The van der Waals surface area contributed by atoms with E-state index in [0.29, 0.717) is 12.1 Å². The molecule has 0 atom stereocenters. The van der Waals surface area contributed by atoms with Gasteiger partial charge in [0.2, 0.25) is 0 Å². The topological polar surface area (TPSA) is 71.1 Å². The van der Waals surface area contributed by atoms with Gasteiger partial charge in [-0.1, -0.05) is 12.1 Å². The van der Waals surface area contributed by atoms with Gasteiger partial charge in [0.15, 0.2) is 0 Å². The summed E-state index contributed by atoms with van der Waals surface area (Å²) in [5.74, 6) is -0.624. The number of benzene rings is 1. The van der Waals surface area contributed by atoms with Gasteiger partial charge in [-0.25, -0.2) is 0 Å². The molecule has 2 amide bonds. The number of amides is 2. The molecule has 1 aromatic carbocycles. The second kappa shape index (κ2) is 7.35. The molecule has 23 heavy (non-hydrogen) atoms. The number of rotatable bonds is 5. The van der Waals surface area contributed by atoms with E-state index in [-0.39, 0.29) is 17.5 Å². The van der Waals surface area contributed by atoms with Gasteiger partial charge in [0.05, 0.1) is 0 Å². The Kier molecular flexibility index (Phi) is 5.25. The van der Waals surface area contributed by atoms with E-state index in [1.54, 1.807) is 12.1 Å². The van der Waals surface area contributed by atoms with Crippen molar-refractivity contribution in [1.82, 2.24) is 10.3 Å². The zero-order chi connectivity index (χ0) is 16.8. The highest BCUT2D eigenvalue weighted by Gasteiger charge is 2.11. The number of carbonyl (C=O) groups excluding carboxylic acids is 2. The molecule has 5 heteroatoms. The summed E-state index contributed by atoms with van der Waals surface area (Å²) in [6.45, 7) is 7.82. The molecular weight excluding hydrogens is 290 g/mol. The Bertz CT molecular complexity index is 733. The van der Waals surface area contributed by atoms with Crippen molar-refractivity contribution in [3.8, 4) is 0 Å². The van der Waals surface area contributed by atoms with Crippen molar-refractivity contribution in [3.05, 3.63) is 71.6 Å². The van der Waals surface area contributed by atoms with Gasteiger partial charge in [0.25, 0.3) is 11.8 Å². The van der Waals surface area contributed by atoms with Crippen molar-refractivity contribution in [1.29, 1.82) is 0 Å². The van der Waals surface area contributed by atoms with E-state index in [2.05, 4.69) is 22.2 Å². The van der Waals surface area contributed by atoms with Gasteiger partial charge < -0.3 is 10.6 Å². The maximum Gasteiger partial charge on any atom is 0.270 e. The lowest BCUT2D eigenvalue weighted by Crippen LogP contribution is -2.24. The molecule has 0 saturated carbocycles. The molecule has 0 fully saturated rings. The molecule has 2 rings (SSSR count). The number of hydrogen-bond acceptors (Lipinski definition) is 3. The van der Waals surface area contributed by atoms with E-state index in [0.717, 1.165) is 16.8 Å². The monoisotopic (exact) mass is 309 g/mol. The van der Waals surface area contributed by atoms with Crippen molar-refractivity contribution < 1.29 is 9.59 Å². The number of anilines is 1. The number of nitrogens with zero attached hydrogens (tertiary/aromatic N) is 1. The minimum atomic E-state index is -0.342. The molecule has 0 bridgehead atoms. The van der Waals surface area contributed by atoms with Gasteiger partial charge in [0, 0.05) is 24.0 Å². The fourth-order valence-electron chi connectivity index (χ4n) is 2.20. The molecule has 0 saturated heterocycles. The van der Waals surface area contributed by atoms with Gasteiger partial charge in [0.1, 0.15) is 5.69 Å². The van der Waals surface area contributed by atoms with Crippen LogP contribution in [0.4, 0.5) is 5.69 Å². The lowest BCUT2D eigenvalue weighted by Gasteiger charge is -2.08. The summed E-state index contributed by atoms with van der Waals surface area (Å²) < 4.78 is 0. The molecule has 2 aromatic rings. The number of nitrogens with one attached hydrogen (secondary N) is 2. The number of hydrogen-bond donors (Lipinski definition) is 2. The van der Waals surface area contributed by atoms with E-state index in [1.165, 1.54) is 12.3 Å². The molecular formula is C18H19N3O2. The normalized spacial score (nSPS) is 10.0. The maximum atomic E-state index is 12.3. The third-order valence-electron chi connectivity index (χ3n) is 3.14. The number of aryl methyl sites for hydroxylation is 2. The van der Waals surface area contributed by atoms with E-state index in [9.17, 15) is 9.59 Å². The van der Waals surface area contributed by atoms with Gasteiger partial charge in [-0.15, -0.1) is 6.58 Å². The first-order valence-electron chi connectivity index (χ1n) is 7.24. The highest BCUT2D eigenvalue weighted by molar-refractivity contribution is 6.05. The van der Waals surface area contributed by atoms with Crippen molar-refractivity contribution in [2.24, 2.45) is 0 Å². The minimum absolute atomic E-state index is 0.194. The average molecular weight is 309 g/mol. The molecule has 0 aliphatic rings. The molecule has 0 aliphatic carbocycles. The number of carbonyl (C=O) groups is 2. The smallest absolute Gasteiger partial charge is 0.270 e. The molecule has 0 aliphatic heterocycles. The Labute approximate surface area is 135 Å². The van der Waals surface area contributed by atoms with E-state index >= 15 is 0 Å². The van der Waals surface area contributed by atoms with E-state index in [4.69, 9.17) is 0 Å². The zero-order valence-electron chi connectivity index (χ0n) is 13.2. The molecule has 5 nitrogen and oxygen atoms in total. The first-order valence-corrected chi connectivity index (χ1v) is 7.24. The fraction of sp³-hybridized carbons (Fsp3) is 0.167. The lowest BCUT2D eigenvalue weighted by atomic mass is 10.1. The highest BCUT2D eigenvalue weighted by Crippen LogP contribution is 2.15. The van der Waals surface area contributed by atoms with Crippen LogP contribution < -0.4 is 10.6 Å². The van der Waals surface area contributed by atoms with Crippen LogP contribution in [0, 0.1) is 13.8 Å². The van der Waals surface area contributed by atoms with E-state index in [1.807, 2.05) is 32.0 Å². The standard InChI is InChI=1S/C18H19N3O2/c1-4-6-20-18(23)16-11-14(5-7-19-16)17(22)21-15-9-12(2)8-13(3)10-15/h4-5,7-11H,1,6H2,2-3H3,(H,20,23)(H,21,22). The summed E-state index contributed by atoms with van der Waals surface area (Å²) in [4.78, 5) is 28.2. The highest BCUT2D eigenvalue weighted by atomic mass is 16.2. The van der Waals surface area contributed by atoms with Crippen LogP contribution in [0.25, 0.3) is 0 Å². The van der Waals surface area contributed by atoms with Crippen LogP contribution in [0.3, 0.4) is 0 Å². The number of aromatic nitrogens is 1. The summed E-state index contributed by atoms with van der Waals surface area (Å²) in [7, 11) is 0. The largest absolute Gasteiger partial charge is 0.347 e. The molecule has 2 N–H and O–H groups in total. The van der Waals surface area contributed by atoms with Gasteiger partial charge in [-0.2, -0.15) is 0 Å². The van der Waals surface area contributed by atoms with Crippen LogP contribution in [0.15, 0.2) is 49.2 Å². The van der Waals surface area contributed by atoms with Gasteiger partial charge >= 0.3 is 0 Å². The predicted octanol–water partition coefficient (Wildman–Crippen LogP) is 2.87. The first-order chi connectivity index (χ1) is 11.0. The Balaban J connectivity index is 2.16. The molecule has 0 radical (unpaired) electrons. The third-order valence-corrected chi connectivity index (χ3v) is 3.14. The van der Waals surface area contributed by atoms with Crippen LogP contribution in [0.2, 0.25) is 0 Å². The second-order valence-corrected chi connectivity index (χ2v) is 5.26. The molecule has 0 spiro atoms. The zero-order valence-corrected chi connectivity index (χ0v) is 13.2. The summed E-state index contributed by atoms with van der Waals surface area (Å²) in [5, 5.41) is 5.46. The van der Waals surface area contributed by atoms with Crippen LogP contribution >= 0.6 is 0 Å². The molecule has 118 valence electrons. The van der Waals surface area contributed by atoms with Gasteiger partial charge in [-0.05, 0) is 49.2 Å². The summed E-state index contributed by atoms with van der Waals surface area (Å²) in [6, 6.07) is 8.86. The summed E-state index contributed by atoms with van der Waals surface area (Å²) >= 11 is 0. The fourth-order valence-corrected chi connectivity index (χ4v) is 2.20. The Morgan fingerprint density at radius 3 is 2.48 bits per heavy atom. The van der Waals surface area contributed by atoms with Crippen LogP contribution in [0.5, 0.6) is 0 Å². The second-order valence-electron chi connectivity index (χ2n) is 5.26. The van der Waals surface area contributed by atoms with Gasteiger partial charge in [-0.3, -0.25) is 14.6 Å². The average Bonchev–Trinajstić information content (AvgIpc) is 2.51. The predicted molar refractivity (Wildman–Crippen MR) is 90.6 cm³/mol. The van der Waals surface area contributed by atoms with Crippen LogP contribution in [-0.2, 0) is 0 Å². The minimum Gasteiger partial charge on any atom is -0.347 e. The Morgan fingerprint density at radius 1 is 1.13 bits per heavy atom. The third kappa shape index (κ3) is 4.51. The summed E-state index contributed by atoms with van der Waals surface area (Å²) in [6.07, 6.45) is 3.02. The van der Waals surface area contributed by atoms with Crippen LogP contribution in [0.1, 0.15) is 32.0 Å². The lowest BCUT2D eigenvalue weighted by molar-refractivity contribution is 0.0953. The maximum absolute atomic E-state index is 12.3. The van der Waals surface area contributed by atoms with Crippen LogP contribution in [-0.4, -0.2) is 23.3 Å². The first kappa shape index (κ1) is 16.4. The SMILES string of the molecule is C=CCNC(=O)c1cc(C(=O)Nc2cc(C)cc(C)c2)ccn1. The van der Waals surface area contributed by atoms with Crippen molar-refractivity contribution >= 4 is 17.5 Å². The molecule has 1 aromatic heterocycles. The summed E-state index contributed by atoms with van der Waals surface area (Å²) in [5.41, 5.74) is 3.43. The van der Waals surface area contributed by atoms with Crippen molar-refractivity contribution in [2.75, 3.05) is 11.9 Å². The number of pyridine rings is 1. The molecule has 0 unspecified atom stereocenters. The Morgan fingerprint density at radius 2 is 1.83 bits per heavy atom. The Hall–Kier alpha value is -2.95. The van der Waals surface area contributed by atoms with Crippen molar-refractivity contribution in [3.63, 3.8) is 0 Å². The molecule has 1 heterocycles. The van der Waals surface area contributed by atoms with E-state index < -0.39 is 0 Å². The quantitative estimate of drug-likeness (QED) is 0.834.